The van der Waals surface area contributed by atoms with E-state index in [1.54, 1.807) is 25.1 Å². The SMILES string of the molecule is C=C(F)Oc1cc(C(=O)Nc2cnc(C)c(N(N)CC(=N)c3cncnc3)c2)cc(N2CCN(C)CC2)c1. The third kappa shape index (κ3) is 6.66. The first-order valence-electron chi connectivity index (χ1n) is 11.9. The topological polar surface area (TPSA) is 137 Å². The fraction of sp³-hybridized carbons (Fsp3) is 0.269. The molecule has 198 valence electrons. The molecule has 1 saturated heterocycles. The molecule has 3 aromatic rings. The molecule has 11 nitrogen and oxygen atoms in total. The van der Waals surface area contributed by atoms with Crippen molar-refractivity contribution >= 4 is 28.7 Å². The summed E-state index contributed by atoms with van der Waals surface area (Å²) in [5.74, 6) is 6.01. The fourth-order valence-electron chi connectivity index (χ4n) is 4.03. The molecule has 1 amide bonds. The first kappa shape index (κ1) is 26.6. The van der Waals surface area contributed by atoms with Gasteiger partial charge in [0.2, 0.25) is 0 Å². The Hall–Kier alpha value is -4.42. The molecule has 0 unspecified atom stereocenters. The first-order chi connectivity index (χ1) is 18.2. The van der Waals surface area contributed by atoms with E-state index in [0.717, 1.165) is 31.9 Å². The van der Waals surface area contributed by atoms with Crippen LogP contribution in [0.5, 0.6) is 5.75 Å². The largest absolute Gasteiger partial charge is 0.432 e. The van der Waals surface area contributed by atoms with E-state index in [0.29, 0.717) is 22.6 Å². The number of halogens is 1. The third-order valence-electron chi connectivity index (χ3n) is 6.12. The van der Waals surface area contributed by atoms with Gasteiger partial charge in [0.1, 0.15) is 12.1 Å². The molecular weight excluding hydrogens is 489 g/mol. The van der Waals surface area contributed by atoms with E-state index in [-0.39, 0.29) is 23.6 Å². The normalized spacial score (nSPS) is 13.6. The molecule has 4 rings (SSSR count). The highest BCUT2D eigenvalue weighted by molar-refractivity contribution is 6.05. The Morgan fingerprint density at radius 1 is 1.16 bits per heavy atom. The van der Waals surface area contributed by atoms with Crippen molar-refractivity contribution in [1.29, 1.82) is 5.41 Å². The number of nitrogens with one attached hydrogen (secondary N) is 2. The highest BCUT2D eigenvalue weighted by Crippen LogP contribution is 2.28. The number of carbonyl (C=O) groups excluding carboxylic acids is 1. The van der Waals surface area contributed by atoms with Crippen LogP contribution < -0.4 is 25.8 Å². The van der Waals surface area contributed by atoms with Gasteiger partial charge in [-0.2, -0.15) is 4.39 Å². The van der Waals surface area contributed by atoms with Crippen molar-refractivity contribution in [2.75, 3.05) is 55.0 Å². The van der Waals surface area contributed by atoms with Crippen molar-refractivity contribution in [3.8, 4) is 5.75 Å². The molecule has 4 N–H and O–H groups in total. The summed E-state index contributed by atoms with van der Waals surface area (Å²) in [6, 6.07) is 5.61. The lowest BCUT2D eigenvalue weighted by Crippen LogP contribution is -2.44. The number of nitrogens with two attached hydrogens (primary N) is 1. The number of nitrogens with zero attached hydrogens (tertiary/aromatic N) is 6. The number of carbonyl (C=O) groups is 1. The van der Waals surface area contributed by atoms with Gasteiger partial charge in [0.15, 0.2) is 0 Å². The van der Waals surface area contributed by atoms with Crippen molar-refractivity contribution in [3.63, 3.8) is 0 Å². The van der Waals surface area contributed by atoms with E-state index in [2.05, 4.69) is 36.6 Å². The quantitative estimate of drug-likeness (QED) is 0.169. The Bertz CT molecular complexity index is 1330. The summed E-state index contributed by atoms with van der Waals surface area (Å²) in [5.41, 5.74) is 3.38. The van der Waals surface area contributed by atoms with Gasteiger partial charge in [0.25, 0.3) is 11.9 Å². The number of hydrogen-bond acceptors (Lipinski definition) is 10. The number of ether oxygens (including phenoxy) is 1. The van der Waals surface area contributed by atoms with Gasteiger partial charge in [0.05, 0.1) is 35.5 Å². The van der Waals surface area contributed by atoms with Gasteiger partial charge in [-0.25, -0.2) is 15.8 Å². The molecule has 12 heteroatoms. The number of aromatic nitrogens is 3. The van der Waals surface area contributed by atoms with E-state index in [4.69, 9.17) is 16.0 Å². The third-order valence-corrected chi connectivity index (χ3v) is 6.12. The van der Waals surface area contributed by atoms with Gasteiger partial charge in [0, 0.05) is 61.5 Å². The monoisotopic (exact) mass is 519 g/mol. The number of likely N-dealkylation sites (N-methyl/N-ethyl adjacent to an activating group) is 1. The van der Waals surface area contributed by atoms with Gasteiger partial charge < -0.3 is 30.3 Å². The lowest BCUT2D eigenvalue weighted by atomic mass is 10.1. The maximum absolute atomic E-state index is 13.5. The van der Waals surface area contributed by atoms with E-state index in [1.807, 2.05) is 7.05 Å². The summed E-state index contributed by atoms with van der Waals surface area (Å²) >= 11 is 0. The molecule has 1 aliphatic rings. The lowest BCUT2D eigenvalue weighted by molar-refractivity contribution is 0.102. The van der Waals surface area contributed by atoms with Crippen molar-refractivity contribution in [2.24, 2.45) is 5.84 Å². The Morgan fingerprint density at radius 3 is 2.55 bits per heavy atom. The van der Waals surface area contributed by atoms with Crippen molar-refractivity contribution < 1.29 is 13.9 Å². The van der Waals surface area contributed by atoms with Crippen LogP contribution in [0.4, 0.5) is 21.5 Å². The van der Waals surface area contributed by atoms with Crippen LogP contribution >= 0.6 is 0 Å². The summed E-state index contributed by atoms with van der Waals surface area (Å²) < 4.78 is 18.6. The van der Waals surface area contributed by atoms with Crippen LogP contribution in [0.3, 0.4) is 0 Å². The number of pyridine rings is 1. The van der Waals surface area contributed by atoms with Gasteiger partial charge in [-0.1, -0.05) is 0 Å². The second kappa shape index (κ2) is 11.8. The molecule has 3 heterocycles. The standard InChI is InChI=1S/C26H30FN9O2/c1-17-25(36(29)15-24(28)20-12-30-16-31-13-20)10-21(14-32-17)33-26(37)19-8-22(11-23(9-19)38-18(2)27)35-6-4-34(3)5-7-35/h8-14,16,28H,2,4-7,15,29H2,1,3H3,(H,33,37). The van der Waals surface area contributed by atoms with Crippen LogP contribution in [0.1, 0.15) is 21.6 Å². The molecule has 0 bridgehead atoms. The summed E-state index contributed by atoms with van der Waals surface area (Å²) in [7, 11) is 2.05. The zero-order valence-electron chi connectivity index (χ0n) is 21.3. The average molecular weight is 520 g/mol. The highest BCUT2D eigenvalue weighted by atomic mass is 19.1. The number of hydrogen-bond donors (Lipinski definition) is 3. The highest BCUT2D eigenvalue weighted by Gasteiger charge is 2.19. The number of aryl methyl sites for hydroxylation is 1. The molecular formula is C26H30FN9O2. The summed E-state index contributed by atoms with van der Waals surface area (Å²) in [6.45, 7) is 8.28. The molecule has 38 heavy (non-hydrogen) atoms. The van der Waals surface area contributed by atoms with E-state index in [9.17, 15) is 9.18 Å². The molecule has 0 saturated carbocycles. The predicted octanol–water partition coefficient (Wildman–Crippen LogP) is 2.75. The number of amides is 1. The Labute approximate surface area is 220 Å². The van der Waals surface area contributed by atoms with Crippen LogP contribution in [0, 0.1) is 12.3 Å². The average Bonchev–Trinajstić information content (AvgIpc) is 2.90. The molecule has 0 aliphatic carbocycles. The molecule has 0 radical (unpaired) electrons. The summed E-state index contributed by atoms with van der Waals surface area (Å²) in [4.78, 5) is 29.8. The Kier molecular flexibility index (Phi) is 8.24. The Morgan fingerprint density at radius 2 is 1.87 bits per heavy atom. The number of rotatable bonds is 9. The van der Waals surface area contributed by atoms with Gasteiger partial charge in [-0.3, -0.25) is 9.78 Å². The molecule has 0 spiro atoms. The smallest absolute Gasteiger partial charge is 0.270 e. The van der Waals surface area contributed by atoms with Crippen molar-refractivity contribution in [3.05, 3.63) is 78.6 Å². The van der Waals surface area contributed by atoms with Gasteiger partial charge in [-0.05, 0) is 38.7 Å². The second-order valence-electron chi connectivity index (χ2n) is 8.98. The number of piperazine rings is 1. The number of benzene rings is 1. The van der Waals surface area contributed by atoms with E-state index in [1.165, 1.54) is 36.0 Å². The van der Waals surface area contributed by atoms with Crippen LogP contribution in [0.2, 0.25) is 0 Å². The summed E-state index contributed by atoms with van der Waals surface area (Å²) in [5, 5.41) is 12.5. The zero-order valence-corrected chi connectivity index (χ0v) is 21.3. The minimum Gasteiger partial charge on any atom is -0.432 e. The lowest BCUT2D eigenvalue weighted by Gasteiger charge is -2.34. The van der Waals surface area contributed by atoms with Gasteiger partial charge in [-0.15, -0.1) is 0 Å². The maximum Gasteiger partial charge on any atom is 0.270 e. The first-order valence-corrected chi connectivity index (χ1v) is 11.9. The van der Waals surface area contributed by atoms with Crippen LogP contribution in [0.15, 0.2) is 61.8 Å². The molecule has 1 aliphatic heterocycles. The predicted molar refractivity (Wildman–Crippen MR) is 144 cm³/mol. The van der Waals surface area contributed by atoms with E-state index < -0.39 is 11.9 Å². The van der Waals surface area contributed by atoms with Crippen molar-refractivity contribution in [2.45, 2.75) is 6.92 Å². The van der Waals surface area contributed by atoms with Crippen LogP contribution in [-0.4, -0.2) is 71.2 Å². The van der Waals surface area contributed by atoms with Crippen LogP contribution in [0.25, 0.3) is 0 Å². The van der Waals surface area contributed by atoms with Crippen LogP contribution in [-0.2, 0) is 0 Å². The molecule has 2 aromatic heterocycles. The van der Waals surface area contributed by atoms with Gasteiger partial charge >= 0.3 is 0 Å². The maximum atomic E-state index is 13.5. The second-order valence-corrected chi connectivity index (χ2v) is 8.98. The number of anilines is 3. The summed E-state index contributed by atoms with van der Waals surface area (Å²) in [6.07, 6.45) is 5.99. The molecule has 1 aromatic carbocycles. The fourth-order valence-corrected chi connectivity index (χ4v) is 4.03. The van der Waals surface area contributed by atoms with Crippen molar-refractivity contribution in [1.82, 2.24) is 19.9 Å². The molecule has 1 fully saturated rings. The number of hydrazine groups is 1. The Balaban J connectivity index is 1.53. The minimum atomic E-state index is -0.963. The molecule has 0 atom stereocenters. The van der Waals surface area contributed by atoms with E-state index >= 15 is 0 Å². The zero-order chi connectivity index (χ0) is 27.2. The minimum absolute atomic E-state index is 0.0776.